The smallest absolute Gasteiger partial charge is 0.259 e. The number of H-pyrrole nitrogens is 1. The molecule has 0 amide bonds. The first-order chi connectivity index (χ1) is 10.4. The Kier molecular flexibility index (Phi) is 3.29. The normalized spacial score (nSPS) is 11.7. The Morgan fingerprint density at radius 1 is 1.14 bits per heavy atom. The number of sulfone groups is 1. The molecule has 0 atom stereocenters. The van der Waals surface area contributed by atoms with Gasteiger partial charge in [-0.15, -0.1) is 0 Å². The van der Waals surface area contributed by atoms with Crippen LogP contribution in [0.1, 0.15) is 0 Å². The number of para-hydroxylation sites is 1. The first kappa shape index (κ1) is 14.4. The van der Waals surface area contributed by atoms with Crippen molar-refractivity contribution in [2.24, 2.45) is 0 Å². The Labute approximate surface area is 125 Å². The molecule has 112 valence electrons. The van der Waals surface area contributed by atoms with Gasteiger partial charge in [0, 0.05) is 6.26 Å². The summed E-state index contributed by atoms with van der Waals surface area (Å²) in [6.07, 6.45) is 0.998. The van der Waals surface area contributed by atoms with Gasteiger partial charge in [0.25, 0.3) is 5.56 Å². The second-order valence-electron chi connectivity index (χ2n) is 4.85. The lowest BCUT2D eigenvalue weighted by molar-refractivity contribution is 0.596. The first-order valence-corrected chi connectivity index (χ1v) is 8.24. The molecule has 3 rings (SSSR count). The van der Waals surface area contributed by atoms with Crippen LogP contribution >= 0.6 is 0 Å². The fourth-order valence-corrected chi connectivity index (χ4v) is 2.77. The van der Waals surface area contributed by atoms with E-state index in [1.807, 2.05) is 0 Å². The predicted octanol–water partition coefficient (Wildman–Crippen LogP) is 2.13. The Morgan fingerprint density at radius 2 is 1.86 bits per heavy atom. The number of fused-ring (bicyclic) bond motifs is 1. The number of halogens is 1. The highest BCUT2D eigenvalue weighted by Gasteiger charge is 2.14. The van der Waals surface area contributed by atoms with Gasteiger partial charge in [-0.1, -0.05) is 12.1 Å². The van der Waals surface area contributed by atoms with Crippen molar-refractivity contribution in [2.45, 2.75) is 4.90 Å². The summed E-state index contributed by atoms with van der Waals surface area (Å²) >= 11 is 0. The van der Waals surface area contributed by atoms with Crippen LogP contribution < -0.4 is 5.56 Å². The number of aromatic amines is 1. The highest BCUT2D eigenvalue weighted by molar-refractivity contribution is 7.90. The van der Waals surface area contributed by atoms with Gasteiger partial charge in [-0.05, 0) is 30.3 Å². The topological polar surface area (TPSA) is 79.9 Å². The second-order valence-corrected chi connectivity index (χ2v) is 6.86. The minimum atomic E-state index is -3.50. The fraction of sp³-hybridized carbons (Fsp3) is 0.0667. The molecule has 1 heterocycles. The van der Waals surface area contributed by atoms with Crippen molar-refractivity contribution >= 4 is 20.7 Å². The van der Waals surface area contributed by atoms with E-state index >= 15 is 0 Å². The molecular weight excluding hydrogens is 307 g/mol. The van der Waals surface area contributed by atoms with E-state index in [0.29, 0.717) is 10.9 Å². The summed E-state index contributed by atoms with van der Waals surface area (Å²) in [6, 6.07) is 10.2. The second kappa shape index (κ2) is 5.03. The van der Waals surface area contributed by atoms with Gasteiger partial charge in [-0.3, -0.25) is 4.79 Å². The summed E-state index contributed by atoms with van der Waals surface area (Å²) in [5, 5.41) is 0.402. The molecule has 2 aromatic carbocycles. The van der Waals surface area contributed by atoms with Crippen LogP contribution in [0.4, 0.5) is 4.39 Å². The molecular formula is C15H11FN2O3S. The molecule has 0 spiro atoms. The number of aromatic nitrogens is 2. The van der Waals surface area contributed by atoms with Gasteiger partial charge >= 0.3 is 0 Å². The van der Waals surface area contributed by atoms with Crippen molar-refractivity contribution in [1.29, 1.82) is 0 Å². The summed E-state index contributed by atoms with van der Waals surface area (Å²) in [5.74, 6) is -0.706. The summed E-state index contributed by atoms with van der Waals surface area (Å²) < 4.78 is 37.0. The monoisotopic (exact) mass is 318 g/mol. The zero-order chi connectivity index (χ0) is 15.9. The summed E-state index contributed by atoms with van der Waals surface area (Å²) in [7, 11) is -3.50. The Balaban J connectivity index is 2.22. The number of rotatable bonds is 2. The minimum Gasteiger partial charge on any atom is -0.306 e. The quantitative estimate of drug-likeness (QED) is 0.785. The van der Waals surface area contributed by atoms with Crippen molar-refractivity contribution < 1.29 is 12.8 Å². The van der Waals surface area contributed by atoms with Gasteiger partial charge in [0.1, 0.15) is 11.6 Å². The maximum absolute atomic E-state index is 14.2. The van der Waals surface area contributed by atoms with Crippen LogP contribution in [-0.4, -0.2) is 24.6 Å². The number of benzene rings is 2. The fourth-order valence-electron chi connectivity index (χ4n) is 2.13. The molecule has 0 aliphatic heterocycles. The van der Waals surface area contributed by atoms with Gasteiger partial charge in [-0.2, -0.15) is 0 Å². The molecule has 1 N–H and O–H groups in total. The maximum Gasteiger partial charge on any atom is 0.259 e. The molecule has 0 aliphatic carbocycles. The molecule has 0 fully saturated rings. The lowest BCUT2D eigenvalue weighted by Crippen LogP contribution is -2.10. The highest BCUT2D eigenvalue weighted by atomic mass is 32.2. The van der Waals surface area contributed by atoms with Gasteiger partial charge in [-0.25, -0.2) is 17.8 Å². The lowest BCUT2D eigenvalue weighted by atomic mass is 10.2. The van der Waals surface area contributed by atoms with E-state index in [9.17, 15) is 17.6 Å². The van der Waals surface area contributed by atoms with Crippen LogP contribution in [0.5, 0.6) is 0 Å². The summed E-state index contributed by atoms with van der Waals surface area (Å²) in [6.45, 7) is 0. The molecule has 0 unspecified atom stereocenters. The summed E-state index contributed by atoms with van der Waals surface area (Å²) in [5.41, 5.74) is 0.0929. The average Bonchev–Trinajstić information content (AvgIpc) is 2.46. The van der Waals surface area contributed by atoms with Gasteiger partial charge in [0.15, 0.2) is 9.84 Å². The molecule has 0 bridgehead atoms. The van der Waals surface area contributed by atoms with E-state index in [2.05, 4.69) is 9.97 Å². The van der Waals surface area contributed by atoms with Gasteiger partial charge in [0.2, 0.25) is 0 Å². The largest absolute Gasteiger partial charge is 0.306 e. The van der Waals surface area contributed by atoms with Crippen LogP contribution in [0.3, 0.4) is 0 Å². The van der Waals surface area contributed by atoms with Crippen LogP contribution in [0, 0.1) is 5.82 Å². The molecule has 22 heavy (non-hydrogen) atoms. The molecule has 0 saturated carbocycles. The van der Waals surface area contributed by atoms with E-state index in [1.54, 1.807) is 24.3 Å². The zero-order valence-electron chi connectivity index (χ0n) is 11.5. The molecule has 0 aliphatic rings. The number of nitrogens with zero attached hydrogens (tertiary/aromatic N) is 1. The van der Waals surface area contributed by atoms with Crippen LogP contribution in [0.15, 0.2) is 52.2 Å². The van der Waals surface area contributed by atoms with Crippen molar-refractivity contribution in [3.05, 3.63) is 58.6 Å². The van der Waals surface area contributed by atoms with Gasteiger partial charge in [0.05, 0.1) is 21.4 Å². The SMILES string of the molecule is CS(=O)(=O)c1ccc(-c2nc3ccccc3c(=O)[nH]2)c(F)c1. The third kappa shape index (κ3) is 2.50. The van der Waals surface area contributed by atoms with Crippen LogP contribution in [0.2, 0.25) is 0 Å². The maximum atomic E-state index is 14.2. The molecule has 3 aromatic rings. The predicted molar refractivity (Wildman–Crippen MR) is 80.9 cm³/mol. The molecule has 0 radical (unpaired) electrons. The first-order valence-electron chi connectivity index (χ1n) is 6.35. The van der Waals surface area contributed by atoms with Gasteiger partial charge < -0.3 is 4.98 Å². The van der Waals surface area contributed by atoms with E-state index in [0.717, 1.165) is 12.3 Å². The minimum absolute atomic E-state index is 0.0373. The standard InChI is InChI=1S/C15H11FN2O3S/c1-22(20,21)9-6-7-10(12(16)8-9)14-17-13-5-3-2-4-11(13)15(19)18-14/h2-8H,1H3,(H,17,18,19). The Bertz CT molecular complexity index is 1040. The third-order valence-electron chi connectivity index (χ3n) is 3.24. The van der Waals surface area contributed by atoms with Crippen molar-refractivity contribution in [3.63, 3.8) is 0 Å². The molecule has 1 aromatic heterocycles. The highest BCUT2D eigenvalue weighted by Crippen LogP contribution is 2.22. The Morgan fingerprint density at radius 3 is 2.55 bits per heavy atom. The Hall–Kier alpha value is -2.54. The summed E-state index contributed by atoms with van der Waals surface area (Å²) in [4.78, 5) is 18.6. The number of hydrogen-bond donors (Lipinski definition) is 1. The van der Waals surface area contributed by atoms with E-state index < -0.39 is 15.7 Å². The van der Waals surface area contributed by atoms with Crippen molar-refractivity contribution in [2.75, 3.05) is 6.26 Å². The van der Waals surface area contributed by atoms with Crippen molar-refractivity contribution in [3.8, 4) is 11.4 Å². The van der Waals surface area contributed by atoms with E-state index in [4.69, 9.17) is 0 Å². The van der Waals surface area contributed by atoms with E-state index in [1.165, 1.54) is 12.1 Å². The molecule has 5 nitrogen and oxygen atoms in total. The number of nitrogens with one attached hydrogen (secondary N) is 1. The van der Waals surface area contributed by atoms with Crippen LogP contribution in [-0.2, 0) is 9.84 Å². The zero-order valence-corrected chi connectivity index (χ0v) is 12.3. The average molecular weight is 318 g/mol. The number of hydrogen-bond acceptors (Lipinski definition) is 4. The van der Waals surface area contributed by atoms with E-state index in [-0.39, 0.29) is 21.8 Å². The molecule has 0 saturated heterocycles. The van der Waals surface area contributed by atoms with Crippen molar-refractivity contribution in [1.82, 2.24) is 9.97 Å². The third-order valence-corrected chi connectivity index (χ3v) is 4.35. The van der Waals surface area contributed by atoms with Crippen LogP contribution in [0.25, 0.3) is 22.3 Å². The lowest BCUT2D eigenvalue weighted by Gasteiger charge is -2.06. The molecule has 7 heteroatoms.